The van der Waals surface area contributed by atoms with Gasteiger partial charge in [-0.1, -0.05) is 19.0 Å². The molecule has 5 heteroatoms. The summed E-state index contributed by atoms with van der Waals surface area (Å²) >= 11 is 0. The van der Waals surface area contributed by atoms with Crippen LogP contribution in [-0.2, 0) is 0 Å². The van der Waals surface area contributed by atoms with E-state index in [0.29, 0.717) is 23.6 Å². The highest BCUT2D eigenvalue weighted by Gasteiger charge is 2.24. The number of aliphatic hydroxyl groups excluding tert-OH is 1. The van der Waals surface area contributed by atoms with Crippen LogP contribution < -0.4 is 0 Å². The standard InChI is InChI=1S/C14H24N2O3/c1-10(2)13-12(11(3)15-19-13)14(18)16(4)8-6-5-7-9-17/h10,17H,5-9H2,1-4H3. The van der Waals surface area contributed by atoms with E-state index in [0.717, 1.165) is 19.3 Å². The first-order chi connectivity index (χ1) is 8.99. The number of rotatable bonds is 7. The van der Waals surface area contributed by atoms with Gasteiger partial charge >= 0.3 is 0 Å². The van der Waals surface area contributed by atoms with Crippen molar-refractivity contribution in [2.45, 2.75) is 46.0 Å². The summed E-state index contributed by atoms with van der Waals surface area (Å²) < 4.78 is 5.24. The number of amides is 1. The van der Waals surface area contributed by atoms with Crippen molar-refractivity contribution in [3.05, 3.63) is 17.0 Å². The van der Waals surface area contributed by atoms with Crippen LogP contribution in [0.3, 0.4) is 0 Å². The van der Waals surface area contributed by atoms with Crippen LogP contribution in [-0.4, -0.2) is 41.3 Å². The zero-order valence-corrected chi connectivity index (χ0v) is 12.3. The maximum absolute atomic E-state index is 12.4. The fourth-order valence-electron chi connectivity index (χ4n) is 1.97. The van der Waals surface area contributed by atoms with E-state index >= 15 is 0 Å². The Morgan fingerprint density at radius 2 is 2.05 bits per heavy atom. The van der Waals surface area contributed by atoms with Gasteiger partial charge in [0, 0.05) is 26.1 Å². The number of carbonyl (C=O) groups is 1. The molecule has 1 heterocycles. The predicted octanol–water partition coefficient (Wildman–Crippen LogP) is 2.34. The average Bonchev–Trinajstić information content (AvgIpc) is 2.75. The molecule has 0 unspecified atom stereocenters. The van der Waals surface area contributed by atoms with Crippen LogP contribution in [0.1, 0.15) is 60.8 Å². The van der Waals surface area contributed by atoms with E-state index in [9.17, 15) is 4.79 Å². The van der Waals surface area contributed by atoms with E-state index < -0.39 is 0 Å². The van der Waals surface area contributed by atoms with Gasteiger partial charge in [-0.05, 0) is 26.2 Å². The largest absolute Gasteiger partial charge is 0.396 e. The molecule has 1 N–H and O–H groups in total. The lowest BCUT2D eigenvalue weighted by Gasteiger charge is -2.17. The molecule has 5 nitrogen and oxygen atoms in total. The van der Waals surface area contributed by atoms with Crippen molar-refractivity contribution in [1.82, 2.24) is 10.1 Å². The molecule has 1 amide bonds. The Morgan fingerprint density at radius 1 is 1.37 bits per heavy atom. The van der Waals surface area contributed by atoms with E-state index in [4.69, 9.17) is 9.63 Å². The van der Waals surface area contributed by atoms with Gasteiger partial charge in [-0.2, -0.15) is 0 Å². The molecule has 0 aliphatic rings. The Hall–Kier alpha value is -1.36. The SMILES string of the molecule is Cc1noc(C(C)C)c1C(=O)N(C)CCCCCO. The highest BCUT2D eigenvalue weighted by atomic mass is 16.5. The average molecular weight is 268 g/mol. The van der Waals surface area contributed by atoms with Gasteiger partial charge in [0.05, 0.1) is 5.69 Å². The molecule has 19 heavy (non-hydrogen) atoms. The summed E-state index contributed by atoms with van der Waals surface area (Å²) in [6.45, 7) is 6.65. The molecule has 1 aromatic heterocycles. The normalized spacial score (nSPS) is 11.1. The maximum Gasteiger partial charge on any atom is 0.259 e. The quantitative estimate of drug-likeness (QED) is 0.771. The number of hydrogen-bond donors (Lipinski definition) is 1. The van der Waals surface area contributed by atoms with Gasteiger partial charge in [0.25, 0.3) is 5.91 Å². The Labute approximate surface area is 114 Å². The molecule has 0 aliphatic heterocycles. The molecule has 1 rings (SSSR count). The molecule has 0 bridgehead atoms. The fraction of sp³-hybridized carbons (Fsp3) is 0.714. The second-order valence-corrected chi connectivity index (χ2v) is 5.17. The summed E-state index contributed by atoms with van der Waals surface area (Å²) in [4.78, 5) is 14.1. The van der Waals surface area contributed by atoms with Crippen LogP contribution in [0, 0.1) is 6.92 Å². The highest BCUT2D eigenvalue weighted by Crippen LogP contribution is 2.23. The number of carbonyl (C=O) groups excluding carboxylic acids is 1. The van der Waals surface area contributed by atoms with Crippen molar-refractivity contribution in [2.75, 3.05) is 20.2 Å². The third-order valence-electron chi connectivity index (χ3n) is 3.13. The summed E-state index contributed by atoms with van der Waals surface area (Å²) in [6.07, 6.45) is 2.60. The molecule has 0 aromatic carbocycles. The zero-order valence-electron chi connectivity index (χ0n) is 12.3. The first kappa shape index (κ1) is 15.7. The van der Waals surface area contributed by atoms with Gasteiger partial charge in [0.15, 0.2) is 5.76 Å². The van der Waals surface area contributed by atoms with Crippen LogP contribution in [0.5, 0.6) is 0 Å². The summed E-state index contributed by atoms with van der Waals surface area (Å²) in [5, 5.41) is 12.6. The molecule has 108 valence electrons. The van der Waals surface area contributed by atoms with Gasteiger partial charge in [-0.3, -0.25) is 4.79 Å². The summed E-state index contributed by atoms with van der Waals surface area (Å²) in [7, 11) is 1.79. The van der Waals surface area contributed by atoms with Crippen molar-refractivity contribution in [3.63, 3.8) is 0 Å². The summed E-state index contributed by atoms with van der Waals surface area (Å²) in [6, 6.07) is 0. The van der Waals surface area contributed by atoms with Crippen LogP contribution in [0.15, 0.2) is 4.52 Å². The van der Waals surface area contributed by atoms with Gasteiger partial charge in [-0.25, -0.2) is 0 Å². The highest BCUT2D eigenvalue weighted by molar-refractivity contribution is 5.96. The smallest absolute Gasteiger partial charge is 0.259 e. The predicted molar refractivity (Wildman–Crippen MR) is 73.2 cm³/mol. The van der Waals surface area contributed by atoms with Crippen molar-refractivity contribution < 1.29 is 14.4 Å². The molecule has 0 radical (unpaired) electrons. The third-order valence-corrected chi connectivity index (χ3v) is 3.13. The number of aromatic nitrogens is 1. The Bertz CT molecular complexity index is 413. The topological polar surface area (TPSA) is 66.6 Å². The van der Waals surface area contributed by atoms with Gasteiger partial charge < -0.3 is 14.5 Å². The van der Waals surface area contributed by atoms with E-state index in [1.807, 2.05) is 13.8 Å². The second-order valence-electron chi connectivity index (χ2n) is 5.17. The first-order valence-corrected chi connectivity index (χ1v) is 6.81. The molecule has 0 saturated carbocycles. The molecule has 0 aliphatic carbocycles. The molecule has 0 atom stereocenters. The van der Waals surface area contributed by atoms with Crippen molar-refractivity contribution in [1.29, 1.82) is 0 Å². The second kappa shape index (κ2) is 7.28. The number of unbranched alkanes of at least 4 members (excludes halogenated alkanes) is 2. The minimum Gasteiger partial charge on any atom is -0.396 e. The molecule has 0 spiro atoms. The zero-order chi connectivity index (χ0) is 14.4. The molecular weight excluding hydrogens is 244 g/mol. The Balaban J connectivity index is 2.69. The van der Waals surface area contributed by atoms with E-state index in [1.54, 1.807) is 18.9 Å². The number of aliphatic hydroxyl groups is 1. The van der Waals surface area contributed by atoms with Crippen molar-refractivity contribution in [3.8, 4) is 0 Å². The molecule has 1 aromatic rings. The lowest BCUT2D eigenvalue weighted by Crippen LogP contribution is -2.29. The summed E-state index contributed by atoms with van der Waals surface area (Å²) in [5.41, 5.74) is 1.25. The first-order valence-electron chi connectivity index (χ1n) is 6.81. The van der Waals surface area contributed by atoms with E-state index in [-0.39, 0.29) is 18.4 Å². The lowest BCUT2D eigenvalue weighted by molar-refractivity contribution is 0.0788. The molecule has 0 saturated heterocycles. The Morgan fingerprint density at radius 3 is 2.63 bits per heavy atom. The molecular formula is C14H24N2O3. The van der Waals surface area contributed by atoms with E-state index in [2.05, 4.69) is 5.16 Å². The molecule has 0 fully saturated rings. The fourth-order valence-corrected chi connectivity index (χ4v) is 1.97. The van der Waals surface area contributed by atoms with Crippen LogP contribution in [0.25, 0.3) is 0 Å². The summed E-state index contributed by atoms with van der Waals surface area (Å²) in [5.74, 6) is 0.763. The van der Waals surface area contributed by atoms with E-state index in [1.165, 1.54) is 0 Å². The van der Waals surface area contributed by atoms with Gasteiger partial charge in [0.2, 0.25) is 0 Å². The van der Waals surface area contributed by atoms with Crippen LogP contribution in [0.4, 0.5) is 0 Å². The third kappa shape index (κ3) is 4.06. The van der Waals surface area contributed by atoms with Gasteiger partial charge in [-0.15, -0.1) is 0 Å². The number of nitrogens with zero attached hydrogens (tertiary/aromatic N) is 2. The monoisotopic (exact) mass is 268 g/mol. The van der Waals surface area contributed by atoms with Crippen molar-refractivity contribution >= 4 is 5.91 Å². The lowest BCUT2D eigenvalue weighted by atomic mass is 10.0. The minimum absolute atomic E-state index is 0.0357. The number of hydrogen-bond acceptors (Lipinski definition) is 4. The Kier molecular flexibility index (Phi) is 6.02. The minimum atomic E-state index is -0.0357. The number of aryl methyl sites for hydroxylation is 1. The van der Waals surface area contributed by atoms with Crippen LogP contribution >= 0.6 is 0 Å². The van der Waals surface area contributed by atoms with Crippen molar-refractivity contribution in [2.24, 2.45) is 0 Å². The van der Waals surface area contributed by atoms with Gasteiger partial charge in [0.1, 0.15) is 5.56 Å². The maximum atomic E-state index is 12.4. The van der Waals surface area contributed by atoms with Crippen LogP contribution in [0.2, 0.25) is 0 Å².